The van der Waals surface area contributed by atoms with Crippen LogP contribution in [0, 0.1) is 10.8 Å². The molecule has 0 radical (unpaired) electrons. The van der Waals surface area contributed by atoms with Crippen molar-refractivity contribution in [3.05, 3.63) is 30.3 Å². The molecule has 2 N–H and O–H groups in total. The minimum Gasteiger partial charge on any atom is -0.490 e. The highest BCUT2D eigenvalue weighted by atomic mass is 16.6. The van der Waals surface area contributed by atoms with Crippen molar-refractivity contribution in [2.45, 2.75) is 46.1 Å². The number of hydrogen-bond donors (Lipinski definition) is 2. The van der Waals surface area contributed by atoms with E-state index in [1.54, 1.807) is 0 Å². The van der Waals surface area contributed by atoms with E-state index in [1.165, 1.54) is 7.11 Å². The van der Waals surface area contributed by atoms with Crippen LogP contribution in [-0.4, -0.2) is 45.1 Å². The number of carbonyl (C=O) groups excluding carboxylic acids is 2. The van der Waals surface area contributed by atoms with Crippen molar-refractivity contribution in [1.82, 2.24) is 10.6 Å². The summed E-state index contributed by atoms with van der Waals surface area (Å²) in [6.07, 6.45) is 1.70. The molecule has 2 rings (SSSR count). The third kappa shape index (κ3) is 7.29. The van der Waals surface area contributed by atoms with E-state index in [9.17, 15) is 9.59 Å². The maximum atomic E-state index is 12.0. The topological polar surface area (TPSA) is 85.9 Å². The molecule has 28 heavy (non-hydrogen) atoms. The van der Waals surface area contributed by atoms with Crippen molar-refractivity contribution in [3.8, 4) is 5.75 Å². The molecule has 1 fully saturated rings. The largest absolute Gasteiger partial charge is 0.490 e. The first-order valence-corrected chi connectivity index (χ1v) is 9.64. The fraction of sp³-hybridized carbons (Fsp3) is 0.619. The number of carbonyl (C=O) groups is 2. The number of methoxy groups -OCH3 is 1. The van der Waals surface area contributed by atoms with Gasteiger partial charge < -0.3 is 24.8 Å². The van der Waals surface area contributed by atoms with Gasteiger partial charge in [0.05, 0.1) is 7.11 Å². The highest BCUT2D eigenvalue weighted by molar-refractivity contribution is 5.67. The molecule has 0 heterocycles. The van der Waals surface area contributed by atoms with Crippen molar-refractivity contribution in [2.75, 3.05) is 26.9 Å². The van der Waals surface area contributed by atoms with E-state index in [0.717, 1.165) is 25.0 Å². The molecule has 7 nitrogen and oxygen atoms in total. The number of alkyl carbamates (subject to hydrolysis) is 2. The average molecular weight is 392 g/mol. The summed E-state index contributed by atoms with van der Waals surface area (Å²) in [6, 6.07) is 9.40. The Morgan fingerprint density at radius 1 is 1.07 bits per heavy atom. The van der Waals surface area contributed by atoms with Crippen molar-refractivity contribution < 1.29 is 23.8 Å². The van der Waals surface area contributed by atoms with Gasteiger partial charge in [0.2, 0.25) is 0 Å². The normalized spacial score (nSPS) is 23.4. The molecule has 156 valence electrons. The van der Waals surface area contributed by atoms with Crippen LogP contribution in [0.1, 0.15) is 40.0 Å². The molecule has 2 amide bonds. The molecule has 2 unspecified atom stereocenters. The summed E-state index contributed by atoms with van der Waals surface area (Å²) in [7, 11) is 1.36. The van der Waals surface area contributed by atoms with E-state index in [0.29, 0.717) is 13.2 Å². The standard InChI is InChI=1S/C21H32N2O5/c1-20(2)12-16(23-19(25)26-4)13-21(3,14-20)15-22-18(24)28-11-10-27-17-8-6-5-7-9-17/h5-9,16H,10-15H2,1-4H3,(H,22,24)(H,23,25). The molecular formula is C21H32N2O5. The summed E-state index contributed by atoms with van der Waals surface area (Å²) in [5, 5.41) is 5.76. The number of nitrogens with one attached hydrogen (secondary N) is 2. The lowest BCUT2D eigenvalue weighted by Crippen LogP contribution is -2.50. The monoisotopic (exact) mass is 392 g/mol. The summed E-state index contributed by atoms with van der Waals surface area (Å²) < 4.78 is 15.4. The smallest absolute Gasteiger partial charge is 0.407 e. The minimum atomic E-state index is -0.459. The first kappa shape index (κ1) is 21.9. The molecule has 1 aromatic carbocycles. The van der Waals surface area contributed by atoms with Gasteiger partial charge in [-0.1, -0.05) is 39.0 Å². The van der Waals surface area contributed by atoms with Crippen LogP contribution >= 0.6 is 0 Å². The van der Waals surface area contributed by atoms with Crippen molar-refractivity contribution in [3.63, 3.8) is 0 Å². The molecule has 1 aromatic rings. The van der Waals surface area contributed by atoms with Crippen LogP contribution in [0.2, 0.25) is 0 Å². The highest BCUT2D eigenvalue weighted by Crippen LogP contribution is 2.45. The van der Waals surface area contributed by atoms with E-state index in [4.69, 9.17) is 14.2 Å². The number of amides is 2. The maximum Gasteiger partial charge on any atom is 0.407 e. The van der Waals surface area contributed by atoms with E-state index in [1.807, 2.05) is 30.3 Å². The molecule has 1 saturated carbocycles. The van der Waals surface area contributed by atoms with E-state index < -0.39 is 12.2 Å². The summed E-state index contributed by atoms with van der Waals surface area (Å²) in [5.74, 6) is 0.743. The van der Waals surface area contributed by atoms with E-state index in [-0.39, 0.29) is 23.5 Å². The van der Waals surface area contributed by atoms with Crippen LogP contribution in [0.15, 0.2) is 30.3 Å². The van der Waals surface area contributed by atoms with Gasteiger partial charge in [0.15, 0.2) is 0 Å². The fourth-order valence-electron chi connectivity index (χ4n) is 4.24. The number of ether oxygens (including phenoxy) is 3. The second-order valence-corrected chi connectivity index (χ2v) is 8.54. The Morgan fingerprint density at radius 2 is 1.79 bits per heavy atom. The van der Waals surface area contributed by atoms with Crippen LogP contribution in [0.25, 0.3) is 0 Å². The van der Waals surface area contributed by atoms with Crippen LogP contribution in [0.4, 0.5) is 9.59 Å². The molecule has 1 aliphatic carbocycles. The Bertz CT molecular complexity index is 649. The molecule has 0 spiro atoms. The number of rotatable bonds is 7. The van der Waals surface area contributed by atoms with E-state index >= 15 is 0 Å². The van der Waals surface area contributed by atoms with Gasteiger partial charge in [-0.3, -0.25) is 0 Å². The quantitative estimate of drug-likeness (QED) is 0.691. The molecule has 0 bridgehead atoms. The zero-order valence-corrected chi connectivity index (χ0v) is 17.2. The van der Waals surface area contributed by atoms with Gasteiger partial charge >= 0.3 is 12.2 Å². The molecule has 0 saturated heterocycles. The van der Waals surface area contributed by atoms with Gasteiger partial charge in [-0.25, -0.2) is 9.59 Å². The fourth-order valence-corrected chi connectivity index (χ4v) is 4.24. The second-order valence-electron chi connectivity index (χ2n) is 8.54. The molecule has 0 aliphatic heterocycles. The van der Waals surface area contributed by atoms with Gasteiger partial charge in [0.1, 0.15) is 19.0 Å². The zero-order valence-electron chi connectivity index (χ0n) is 17.2. The maximum absolute atomic E-state index is 12.0. The third-order valence-electron chi connectivity index (χ3n) is 4.94. The van der Waals surface area contributed by atoms with Crippen molar-refractivity contribution in [2.24, 2.45) is 10.8 Å². The van der Waals surface area contributed by atoms with Crippen molar-refractivity contribution >= 4 is 12.2 Å². The predicted molar refractivity (Wildman–Crippen MR) is 106 cm³/mol. The summed E-state index contributed by atoms with van der Waals surface area (Å²) in [6.45, 7) is 7.43. The van der Waals surface area contributed by atoms with Gasteiger partial charge in [-0.05, 0) is 42.2 Å². The van der Waals surface area contributed by atoms with Gasteiger partial charge in [0.25, 0.3) is 0 Å². The molecule has 0 aromatic heterocycles. The Kier molecular flexibility index (Phi) is 7.54. The van der Waals surface area contributed by atoms with Crippen molar-refractivity contribution in [1.29, 1.82) is 0 Å². The number of benzene rings is 1. The van der Waals surface area contributed by atoms with E-state index in [2.05, 4.69) is 31.4 Å². The third-order valence-corrected chi connectivity index (χ3v) is 4.94. The van der Waals surface area contributed by atoms with Crippen LogP contribution in [-0.2, 0) is 9.47 Å². The van der Waals surface area contributed by atoms with Gasteiger partial charge in [0, 0.05) is 12.6 Å². The summed E-state index contributed by atoms with van der Waals surface area (Å²) >= 11 is 0. The highest BCUT2D eigenvalue weighted by Gasteiger charge is 2.42. The number of hydrogen-bond acceptors (Lipinski definition) is 5. The van der Waals surface area contributed by atoms with Crippen LogP contribution in [0.5, 0.6) is 5.75 Å². The van der Waals surface area contributed by atoms with Crippen LogP contribution < -0.4 is 15.4 Å². The lowest BCUT2D eigenvalue weighted by atomic mass is 9.62. The second kappa shape index (κ2) is 9.66. The lowest BCUT2D eigenvalue weighted by molar-refractivity contribution is 0.0635. The van der Waals surface area contributed by atoms with Gasteiger partial charge in [-0.2, -0.15) is 0 Å². The van der Waals surface area contributed by atoms with Crippen LogP contribution in [0.3, 0.4) is 0 Å². The first-order valence-electron chi connectivity index (χ1n) is 9.64. The molecule has 2 atom stereocenters. The Labute approximate surface area is 167 Å². The van der Waals surface area contributed by atoms with Gasteiger partial charge in [-0.15, -0.1) is 0 Å². The first-order chi connectivity index (χ1) is 13.2. The minimum absolute atomic E-state index is 0.0123. The number of para-hydroxylation sites is 1. The molecule has 7 heteroatoms. The summed E-state index contributed by atoms with van der Waals surface area (Å²) in [5.41, 5.74) is -0.0964. The Morgan fingerprint density at radius 3 is 2.46 bits per heavy atom. The Balaban J connectivity index is 1.75. The lowest BCUT2D eigenvalue weighted by Gasteiger charge is -2.46. The average Bonchev–Trinajstić information content (AvgIpc) is 2.63. The zero-order chi connectivity index (χ0) is 20.6. The predicted octanol–water partition coefficient (Wildman–Crippen LogP) is 3.73. The molecule has 1 aliphatic rings. The molecular weight excluding hydrogens is 360 g/mol. The summed E-state index contributed by atoms with van der Waals surface area (Å²) in [4.78, 5) is 23.6. The SMILES string of the molecule is COC(=O)NC1CC(C)(C)CC(C)(CNC(=O)OCCOc2ccccc2)C1. The Hall–Kier alpha value is -2.44.